The minimum absolute atomic E-state index is 0.0691. The van der Waals surface area contributed by atoms with Crippen LogP contribution in [-0.4, -0.2) is 61.4 Å². The van der Waals surface area contributed by atoms with Crippen molar-refractivity contribution < 1.29 is 31.8 Å². The van der Waals surface area contributed by atoms with Gasteiger partial charge in [-0.05, 0) is 63.5 Å². The van der Waals surface area contributed by atoms with E-state index in [1.54, 1.807) is 23.1 Å². The second kappa shape index (κ2) is 11.2. The molecule has 1 saturated heterocycles. The summed E-state index contributed by atoms with van der Waals surface area (Å²) < 4.78 is 57.0. The first-order valence-electron chi connectivity index (χ1n) is 12.4. The van der Waals surface area contributed by atoms with E-state index in [2.05, 4.69) is 4.98 Å². The molecule has 0 spiro atoms. The number of sulfone groups is 1. The van der Waals surface area contributed by atoms with Crippen LogP contribution in [0.5, 0.6) is 5.88 Å². The van der Waals surface area contributed by atoms with E-state index in [4.69, 9.17) is 14.2 Å². The zero-order valence-electron chi connectivity index (χ0n) is 21.3. The number of piperidine rings is 1. The molecule has 0 radical (unpaired) electrons. The largest absolute Gasteiger partial charge is 0.474 e. The Morgan fingerprint density at radius 3 is 2.38 bits per heavy atom. The van der Waals surface area contributed by atoms with Crippen molar-refractivity contribution in [3.63, 3.8) is 0 Å². The summed E-state index contributed by atoms with van der Waals surface area (Å²) in [6.45, 7) is 6.77. The molecular formula is C27H33FN2O6S. The Morgan fingerprint density at radius 2 is 1.73 bits per heavy atom. The molecule has 2 aliphatic rings. The Bertz CT molecular complexity index is 1210. The van der Waals surface area contributed by atoms with Crippen LogP contribution in [0.1, 0.15) is 52.0 Å². The molecule has 2 aromatic rings. The van der Waals surface area contributed by atoms with Crippen molar-refractivity contribution in [1.29, 1.82) is 0 Å². The van der Waals surface area contributed by atoms with Gasteiger partial charge in [0, 0.05) is 38.2 Å². The number of nitrogens with zero attached hydrogens (tertiary/aromatic N) is 2. The third kappa shape index (κ3) is 7.29. The van der Waals surface area contributed by atoms with Crippen LogP contribution in [0.2, 0.25) is 0 Å². The van der Waals surface area contributed by atoms with Crippen molar-refractivity contribution in [2.75, 3.05) is 13.1 Å². The van der Waals surface area contributed by atoms with Crippen LogP contribution >= 0.6 is 0 Å². The first-order chi connectivity index (χ1) is 17.5. The summed E-state index contributed by atoms with van der Waals surface area (Å²) in [5.74, 6) is 0.299. The van der Waals surface area contributed by atoms with Crippen LogP contribution < -0.4 is 4.74 Å². The molecule has 0 N–H and O–H groups in total. The van der Waals surface area contributed by atoms with Gasteiger partial charge in [0.1, 0.15) is 11.7 Å². The predicted molar refractivity (Wildman–Crippen MR) is 136 cm³/mol. The Kier molecular flexibility index (Phi) is 8.18. The lowest BCUT2D eigenvalue weighted by atomic mass is 9.91. The smallest absolute Gasteiger partial charge is 0.410 e. The fourth-order valence-corrected chi connectivity index (χ4v) is 5.20. The number of hydrogen-bond acceptors (Lipinski definition) is 7. The van der Waals surface area contributed by atoms with E-state index in [0.29, 0.717) is 37.4 Å². The molecule has 1 amide bonds. The van der Waals surface area contributed by atoms with Gasteiger partial charge < -0.3 is 19.1 Å². The first-order valence-corrected chi connectivity index (χ1v) is 13.9. The lowest BCUT2D eigenvalue weighted by molar-refractivity contribution is -0.110. The standard InChI is InChI=1S/C27H33FN2O6S/c1-27(2,3)36-26(31)30-13-10-20(11-14-30)34-21-17-22(18-21)35-25-16-19(9-12-29-25)15-24(28)37(32,33)23-7-5-4-6-8-23/h4-9,12,15-16,20-22H,10-11,13-14,17-18H2,1-3H3/b24-15+. The van der Waals surface area contributed by atoms with Crippen LogP contribution in [0.3, 0.4) is 0 Å². The molecule has 2 heterocycles. The highest BCUT2D eigenvalue weighted by molar-refractivity contribution is 7.95. The number of ether oxygens (including phenoxy) is 3. The highest BCUT2D eigenvalue weighted by Crippen LogP contribution is 2.31. The van der Waals surface area contributed by atoms with Gasteiger partial charge in [0.25, 0.3) is 0 Å². The Balaban J connectivity index is 1.24. The fraction of sp³-hybridized carbons (Fsp3) is 0.481. The highest BCUT2D eigenvalue weighted by atomic mass is 32.2. The van der Waals surface area contributed by atoms with Gasteiger partial charge in [0.05, 0.1) is 17.1 Å². The number of pyridine rings is 1. The van der Waals surface area contributed by atoms with Gasteiger partial charge >= 0.3 is 6.09 Å². The molecule has 0 bridgehead atoms. The number of halogens is 1. The predicted octanol–water partition coefficient (Wildman–Crippen LogP) is 5.15. The summed E-state index contributed by atoms with van der Waals surface area (Å²) in [5.41, 5.74) is -0.171. The minimum atomic E-state index is -4.22. The lowest BCUT2D eigenvalue weighted by Crippen LogP contribution is -2.46. The van der Waals surface area contributed by atoms with Gasteiger partial charge in [0.15, 0.2) is 0 Å². The van der Waals surface area contributed by atoms with E-state index in [9.17, 15) is 17.6 Å². The summed E-state index contributed by atoms with van der Waals surface area (Å²) in [7, 11) is -4.22. The maximum atomic E-state index is 14.6. The summed E-state index contributed by atoms with van der Waals surface area (Å²) in [5, 5.41) is -1.24. The van der Waals surface area contributed by atoms with Gasteiger partial charge in [-0.2, -0.15) is 4.39 Å². The summed E-state index contributed by atoms with van der Waals surface area (Å²) in [6, 6.07) is 10.5. The Morgan fingerprint density at radius 1 is 1.05 bits per heavy atom. The van der Waals surface area contributed by atoms with Crippen molar-refractivity contribution >= 4 is 22.0 Å². The van der Waals surface area contributed by atoms with Gasteiger partial charge in [-0.3, -0.25) is 0 Å². The van der Waals surface area contributed by atoms with E-state index in [0.717, 1.165) is 18.9 Å². The molecular weight excluding hydrogens is 499 g/mol. The molecule has 1 aromatic heterocycles. The van der Waals surface area contributed by atoms with E-state index < -0.39 is 20.6 Å². The number of benzene rings is 1. The third-order valence-corrected chi connectivity index (χ3v) is 7.69. The van der Waals surface area contributed by atoms with Gasteiger partial charge in [-0.15, -0.1) is 0 Å². The topological polar surface area (TPSA) is 95.0 Å². The molecule has 10 heteroatoms. The van der Waals surface area contributed by atoms with Crippen molar-refractivity contribution in [1.82, 2.24) is 9.88 Å². The molecule has 1 aliphatic carbocycles. The lowest BCUT2D eigenvalue weighted by Gasteiger charge is -2.39. The summed E-state index contributed by atoms with van der Waals surface area (Å²) in [6.07, 6.45) is 5.12. The van der Waals surface area contributed by atoms with Crippen LogP contribution in [0.4, 0.5) is 9.18 Å². The number of amides is 1. The number of aromatic nitrogens is 1. The average molecular weight is 533 g/mol. The summed E-state index contributed by atoms with van der Waals surface area (Å²) >= 11 is 0. The number of likely N-dealkylation sites (tertiary alicyclic amines) is 1. The van der Waals surface area contributed by atoms with Gasteiger partial charge in [0.2, 0.25) is 20.9 Å². The quantitative estimate of drug-likeness (QED) is 0.487. The zero-order chi connectivity index (χ0) is 26.6. The maximum absolute atomic E-state index is 14.6. The first kappa shape index (κ1) is 27.1. The molecule has 8 nitrogen and oxygen atoms in total. The molecule has 200 valence electrons. The second-order valence-corrected chi connectivity index (χ2v) is 12.2. The Labute approximate surface area is 217 Å². The second-order valence-electron chi connectivity index (χ2n) is 10.3. The van der Waals surface area contributed by atoms with Crippen molar-refractivity contribution in [3.8, 4) is 5.88 Å². The van der Waals surface area contributed by atoms with Crippen LogP contribution in [0.15, 0.2) is 58.7 Å². The van der Waals surface area contributed by atoms with Crippen molar-refractivity contribution in [2.24, 2.45) is 0 Å². The molecule has 37 heavy (non-hydrogen) atoms. The number of carbonyl (C=O) groups excluding carboxylic acids is 1. The molecule has 0 atom stereocenters. The third-order valence-electron chi connectivity index (χ3n) is 6.17. The fourth-order valence-electron chi connectivity index (χ4n) is 4.17. The van der Waals surface area contributed by atoms with E-state index >= 15 is 0 Å². The van der Waals surface area contributed by atoms with E-state index in [-0.39, 0.29) is 29.3 Å². The molecule has 1 aromatic carbocycles. The van der Waals surface area contributed by atoms with Crippen LogP contribution in [0.25, 0.3) is 6.08 Å². The van der Waals surface area contributed by atoms with Gasteiger partial charge in [-0.25, -0.2) is 18.2 Å². The van der Waals surface area contributed by atoms with E-state index in [1.165, 1.54) is 30.5 Å². The molecule has 2 fully saturated rings. The van der Waals surface area contributed by atoms with Crippen molar-refractivity contribution in [3.05, 3.63) is 59.4 Å². The SMILES string of the molecule is CC(C)(C)OC(=O)N1CCC(OC2CC(Oc3cc(/C=C(\F)S(=O)(=O)c4ccccc4)ccn3)C2)CC1. The van der Waals surface area contributed by atoms with Crippen LogP contribution in [-0.2, 0) is 19.3 Å². The maximum Gasteiger partial charge on any atom is 0.410 e. The monoisotopic (exact) mass is 532 g/mol. The minimum Gasteiger partial charge on any atom is -0.474 e. The molecule has 0 unspecified atom stereocenters. The van der Waals surface area contributed by atoms with Crippen LogP contribution in [0, 0.1) is 0 Å². The van der Waals surface area contributed by atoms with Gasteiger partial charge in [-0.1, -0.05) is 18.2 Å². The summed E-state index contributed by atoms with van der Waals surface area (Å²) in [4.78, 5) is 18.0. The molecule has 1 saturated carbocycles. The number of hydrogen-bond donors (Lipinski definition) is 0. The molecule has 4 rings (SSSR count). The number of rotatable bonds is 7. The number of carbonyl (C=O) groups is 1. The normalized spacial score (nSPS) is 21.3. The van der Waals surface area contributed by atoms with Crippen molar-refractivity contribution in [2.45, 2.75) is 75.3 Å². The van der Waals surface area contributed by atoms with E-state index in [1.807, 2.05) is 20.8 Å². The zero-order valence-corrected chi connectivity index (χ0v) is 22.1. The molecule has 1 aliphatic heterocycles. The average Bonchev–Trinajstić information content (AvgIpc) is 2.83. The highest BCUT2D eigenvalue weighted by Gasteiger charge is 2.35. The Hall–Kier alpha value is -2.98.